The van der Waals surface area contributed by atoms with E-state index in [2.05, 4.69) is 28.2 Å². The largest absolute Gasteiger partial charge is 0.287 e. The molecule has 7 heteroatoms. The number of aromatic nitrogens is 4. The van der Waals surface area contributed by atoms with Gasteiger partial charge in [0.25, 0.3) is 0 Å². The minimum absolute atomic E-state index is 0.393. The summed E-state index contributed by atoms with van der Waals surface area (Å²) in [5.74, 6) is 6.01. The van der Waals surface area contributed by atoms with Crippen molar-refractivity contribution in [2.24, 2.45) is 5.84 Å². The van der Waals surface area contributed by atoms with Gasteiger partial charge in [0.15, 0.2) is 0 Å². The highest BCUT2D eigenvalue weighted by Gasteiger charge is 2.10. The summed E-state index contributed by atoms with van der Waals surface area (Å²) in [7, 11) is 0. The zero-order valence-corrected chi connectivity index (χ0v) is 14.7. The van der Waals surface area contributed by atoms with Crippen LogP contribution in [0, 0.1) is 0 Å². The lowest BCUT2D eigenvalue weighted by Crippen LogP contribution is -2.23. The van der Waals surface area contributed by atoms with Gasteiger partial charge < -0.3 is 0 Å². The Hall–Kier alpha value is -3.22. The van der Waals surface area contributed by atoms with Crippen LogP contribution >= 0.6 is 11.6 Å². The summed E-state index contributed by atoms with van der Waals surface area (Å²) in [4.78, 5) is 7.95. The quantitative estimate of drug-likeness (QED) is 0.312. The standard InChI is InChI=1S/C19H17ClN6/c1-14(7-12-25(21)16-3-8-22-9-4-16)15(2)18-6-11-24-26(18)17-5-10-23-19(20)13-17/h3-13H,1-2,21H2/b12-7-. The van der Waals surface area contributed by atoms with E-state index in [0.717, 1.165) is 22.6 Å². The summed E-state index contributed by atoms with van der Waals surface area (Å²) in [6.07, 6.45) is 10.2. The van der Waals surface area contributed by atoms with Gasteiger partial charge in [0.2, 0.25) is 0 Å². The van der Waals surface area contributed by atoms with E-state index < -0.39 is 0 Å². The Labute approximate surface area is 156 Å². The second-order valence-corrected chi connectivity index (χ2v) is 5.78. The van der Waals surface area contributed by atoms with Crippen LogP contribution in [0.2, 0.25) is 5.15 Å². The number of hydrogen-bond acceptors (Lipinski definition) is 5. The van der Waals surface area contributed by atoms with Gasteiger partial charge in [-0.2, -0.15) is 5.10 Å². The second-order valence-electron chi connectivity index (χ2n) is 5.40. The maximum Gasteiger partial charge on any atom is 0.131 e. The molecule has 0 aliphatic rings. The van der Waals surface area contributed by atoms with Crippen LogP contribution in [0.25, 0.3) is 11.3 Å². The van der Waals surface area contributed by atoms with E-state index in [4.69, 9.17) is 17.4 Å². The zero-order valence-electron chi connectivity index (χ0n) is 14.0. The monoisotopic (exact) mass is 364 g/mol. The van der Waals surface area contributed by atoms with Crippen LogP contribution in [0.4, 0.5) is 5.69 Å². The topological polar surface area (TPSA) is 72.9 Å². The van der Waals surface area contributed by atoms with Crippen molar-refractivity contribution < 1.29 is 0 Å². The van der Waals surface area contributed by atoms with Gasteiger partial charge in [-0.3, -0.25) is 9.99 Å². The van der Waals surface area contributed by atoms with Gasteiger partial charge in [0, 0.05) is 30.9 Å². The number of hydrazine groups is 1. The molecule has 0 saturated heterocycles. The predicted molar refractivity (Wildman–Crippen MR) is 105 cm³/mol. The number of anilines is 1. The molecule has 0 unspecified atom stereocenters. The Kier molecular flexibility index (Phi) is 5.26. The molecule has 0 atom stereocenters. The molecule has 2 N–H and O–H groups in total. The Bertz CT molecular complexity index is 961. The summed E-state index contributed by atoms with van der Waals surface area (Å²) in [5, 5.41) is 6.22. The minimum atomic E-state index is 0.393. The molecule has 0 bridgehead atoms. The van der Waals surface area contributed by atoms with E-state index >= 15 is 0 Å². The molecular weight excluding hydrogens is 348 g/mol. The van der Waals surface area contributed by atoms with Crippen LogP contribution in [0.1, 0.15) is 5.69 Å². The van der Waals surface area contributed by atoms with Crippen molar-refractivity contribution in [2.45, 2.75) is 0 Å². The first kappa shape index (κ1) is 17.6. The minimum Gasteiger partial charge on any atom is -0.287 e. The summed E-state index contributed by atoms with van der Waals surface area (Å²) < 4.78 is 1.73. The fourth-order valence-corrected chi connectivity index (χ4v) is 2.47. The molecule has 130 valence electrons. The van der Waals surface area contributed by atoms with Gasteiger partial charge in [-0.1, -0.05) is 24.8 Å². The van der Waals surface area contributed by atoms with E-state index in [9.17, 15) is 0 Å². The molecule has 0 aliphatic heterocycles. The van der Waals surface area contributed by atoms with Gasteiger partial charge in [0.1, 0.15) is 5.15 Å². The molecule has 0 aromatic carbocycles. The molecule has 3 rings (SSSR count). The molecule has 0 aliphatic carbocycles. The molecule has 0 amide bonds. The maximum absolute atomic E-state index is 6.01. The van der Waals surface area contributed by atoms with E-state index in [1.807, 2.05) is 24.3 Å². The lowest BCUT2D eigenvalue weighted by Gasteiger charge is -2.14. The Morgan fingerprint density at radius 1 is 1.12 bits per heavy atom. The molecule has 0 radical (unpaired) electrons. The first-order chi connectivity index (χ1) is 12.6. The molecule has 3 heterocycles. The maximum atomic E-state index is 6.01. The highest BCUT2D eigenvalue weighted by atomic mass is 35.5. The predicted octanol–water partition coefficient (Wildman–Crippen LogP) is 3.78. The van der Waals surface area contributed by atoms with E-state index in [1.54, 1.807) is 47.8 Å². The average molecular weight is 365 g/mol. The number of rotatable bonds is 6. The van der Waals surface area contributed by atoms with Crippen molar-refractivity contribution in [3.05, 3.63) is 97.0 Å². The fraction of sp³-hybridized carbons (Fsp3) is 0. The highest BCUT2D eigenvalue weighted by Crippen LogP contribution is 2.24. The zero-order chi connectivity index (χ0) is 18.5. The van der Waals surface area contributed by atoms with Crippen LogP contribution in [0.3, 0.4) is 0 Å². The number of pyridine rings is 2. The average Bonchev–Trinajstić information content (AvgIpc) is 3.15. The van der Waals surface area contributed by atoms with Gasteiger partial charge in [-0.15, -0.1) is 0 Å². The van der Waals surface area contributed by atoms with E-state index in [-0.39, 0.29) is 0 Å². The molecule has 3 aromatic rings. The summed E-state index contributed by atoms with van der Waals surface area (Å²) >= 11 is 5.97. The number of nitrogens with two attached hydrogens (primary N) is 1. The van der Waals surface area contributed by atoms with Gasteiger partial charge in [-0.05, 0) is 41.5 Å². The number of nitrogens with zero attached hydrogens (tertiary/aromatic N) is 5. The van der Waals surface area contributed by atoms with Crippen molar-refractivity contribution in [3.63, 3.8) is 0 Å². The third-order valence-corrected chi connectivity index (χ3v) is 3.90. The number of halogens is 1. The Morgan fingerprint density at radius 2 is 1.88 bits per heavy atom. The van der Waals surface area contributed by atoms with Crippen LogP contribution < -0.4 is 10.9 Å². The second kappa shape index (κ2) is 7.77. The van der Waals surface area contributed by atoms with Crippen LogP contribution in [0.5, 0.6) is 0 Å². The van der Waals surface area contributed by atoms with Crippen molar-refractivity contribution in [3.8, 4) is 5.69 Å². The van der Waals surface area contributed by atoms with Crippen molar-refractivity contribution in [1.82, 2.24) is 19.7 Å². The van der Waals surface area contributed by atoms with Gasteiger partial charge >= 0.3 is 0 Å². The Balaban J connectivity index is 1.79. The highest BCUT2D eigenvalue weighted by molar-refractivity contribution is 6.29. The lowest BCUT2D eigenvalue weighted by atomic mass is 10.1. The third kappa shape index (κ3) is 3.88. The molecule has 26 heavy (non-hydrogen) atoms. The van der Waals surface area contributed by atoms with Crippen molar-refractivity contribution in [2.75, 3.05) is 5.01 Å². The first-order valence-corrected chi connectivity index (χ1v) is 8.11. The molecule has 0 saturated carbocycles. The first-order valence-electron chi connectivity index (χ1n) is 7.73. The third-order valence-electron chi connectivity index (χ3n) is 3.69. The van der Waals surface area contributed by atoms with Crippen molar-refractivity contribution >= 4 is 22.9 Å². The normalized spacial score (nSPS) is 10.8. The SMILES string of the molecule is C=C(/C=C\N(N)c1ccncc1)C(=C)c1ccnn1-c1ccnc(Cl)c1. The smallest absolute Gasteiger partial charge is 0.131 e. The molecule has 3 aromatic heterocycles. The Morgan fingerprint density at radius 3 is 2.62 bits per heavy atom. The molecular formula is C19H17ClN6. The van der Waals surface area contributed by atoms with Gasteiger partial charge in [0.05, 0.1) is 23.3 Å². The summed E-state index contributed by atoms with van der Waals surface area (Å²) in [6, 6.07) is 9.03. The van der Waals surface area contributed by atoms with Gasteiger partial charge in [-0.25, -0.2) is 15.5 Å². The van der Waals surface area contributed by atoms with Crippen LogP contribution in [-0.2, 0) is 0 Å². The number of allylic oxidation sites excluding steroid dienone is 3. The van der Waals surface area contributed by atoms with E-state index in [1.165, 1.54) is 5.01 Å². The van der Waals surface area contributed by atoms with Crippen LogP contribution in [-0.4, -0.2) is 19.7 Å². The lowest BCUT2D eigenvalue weighted by molar-refractivity contribution is 0.865. The molecule has 0 spiro atoms. The summed E-state index contributed by atoms with van der Waals surface area (Å²) in [5.41, 5.74) is 3.83. The number of hydrogen-bond donors (Lipinski definition) is 1. The van der Waals surface area contributed by atoms with Crippen molar-refractivity contribution in [1.29, 1.82) is 0 Å². The molecule has 0 fully saturated rings. The molecule has 6 nitrogen and oxygen atoms in total. The fourth-order valence-electron chi connectivity index (χ4n) is 2.30. The summed E-state index contributed by atoms with van der Waals surface area (Å²) in [6.45, 7) is 8.19. The van der Waals surface area contributed by atoms with E-state index in [0.29, 0.717) is 10.7 Å². The van der Waals surface area contributed by atoms with Crippen LogP contribution in [0.15, 0.2) is 86.1 Å².